The van der Waals surface area contributed by atoms with Crippen molar-refractivity contribution >= 4 is 29.7 Å². The minimum atomic E-state index is 0.652. The van der Waals surface area contributed by atoms with Crippen LogP contribution < -0.4 is 0 Å². The van der Waals surface area contributed by atoms with Crippen LogP contribution in [0.5, 0.6) is 0 Å². The van der Waals surface area contributed by atoms with Gasteiger partial charge in [-0.15, -0.1) is 0 Å². The van der Waals surface area contributed by atoms with E-state index in [1.807, 2.05) is 30.3 Å². The van der Waals surface area contributed by atoms with Crippen LogP contribution in [0.2, 0.25) is 0 Å². The third-order valence-corrected chi connectivity index (χ3v) is 2.15. The van der Waals surface area contributed by atoms with Gasteiger partial charge in [0, 0.05) is 10.6 Å². The first-order valence-corrected chi connectivity index (χ1v) is 4.08. The Morgan fingerprint density at radius 3 is 2.40 bits per heavy atom. The van der Waals surface area contributed by atoms with E-state index in [4.69, 9.17) is 12.2 Å². The molecule has 0 atom stereocenters. The summed E-state index contributed by atoms with van der Waals surface area (Å²) >= 11 is 9.13. The lowest BCUT2D eigenvalue weighted by Crippen LogP contribution is -1.96. The fraction of sp³-hybridized carbons (Fsp3) is 0.125. The third kappa shape index (κ3) is 1.82. The highest BCUT2D eigenvalue weighted by Crippen LogP contribution is 2.01. The molecule has 0 amide bonds. The first-order chi connectivity index (χ1) is 4.84. The monoisotopic (exact) mass is 168 g/mol. The average Bonchev–Trinajstić information content (AvgIpc) is 2.05. The number of benzene rings is 1. The lowest BCUT2D eigenvalue weighted by Gasteiger charge is -1.96. The molecule has 0 aliphatic carbocycles. The molecule has 10 heavy (non-hydrogen) atoms. The molecule has 0 bridgehead atoms. The van der Waals surface area contributed by atoms with Crippen molar-refractivity contribution in [3.63, 3.8) is 0 Å². The lowest BCUT2D eigenvalue weighted by atomic mass is 10.2. The fourth-order valence-electron chi connectivity index (χ4n) is 0.715. The molecule has 0 radical (unpaired) electrons. The Kier molecular flexibility index (Phi) is 2.90. The minimum Gasteiger partial charge on any atom is -0.174 e. The van der Waals surface area contributed by atoms with Gasteiger partial charge in [-0.25, -0.2) is 0 Å². The summed E-state index contributed by atoms with van der Waals surface area (Å²) in [4.78, 5) is 0.906. The van der Waals surface area contributed by atoms with E-state index in [9.17, 15) is 0 Å². The number of thiol groups is 1. The van der Waals surface area contributed by atoms with Crippen molar-refractivity contribution in [2.45, 2.75) is 0 Å². The summed E-state index contributed by atoms with van der Waals surface area (Å²) in [6, 6.07) is 9.93. The van der Waals surface area contributed by atoms with Gasteiger partial charge in [-0.2, -0.15) is 12.6 Å². The highest BCUT2D eigenvalue weighted by Gasteiger charge is 1.94. The smallest absolute Gasteiger partial charge is 0.0320 e. The van der Waals surface area contributed by atoms with Gasteiger partial charge in [0.2, 0.25) is 0 Å². The third-order valence-electron chi connectivity index (χ3n) is 1.24. The number of thiocarbonyl (C=S) groups is 1. The van der Waals surface area contributed by atoms with Gasteiger partial charge in [0.15, 0.2) is 0 Å². The largest absolute Gasteiger partial charge is 0.174 e. The van der Waals surface area contributed by atoms with Gasteiger partial charge >= 0.3 is 0 Å². The van der Waals surface area contributed by atoms with Gasteiger partial charge in [-0.1, -0.05) is 42.5 Å². The summed E-state index contributed by atoms with van der Waals surface area (Å²) in [6.45, 7) is 0. The molecular weight excluding hydrogens is 160 g/mol. The Bertz CT molecular complexity index is 216. The molecule has 1 rings (SSSR count). The first kappa shape index (κ1) is 7.76. The van der Waals surface area contributed by atoms with Crippen LogP contribution in [0.15, 0.2) is 30.3 Å². The highest BCUT2D eigenvalue weighted by atomic mass is 32.1. The molecule has 0 saturated heterocycles. The van der Waals surface area contributed by atoms with Crippen LogP contribution in [0.25, 0.3) is 0 Å². The average molecular weight is 168 g/mol. The molecule has 0 spiro atoms. The first-order valence-electron chi connectivity index (χ1n) is 3.03. The molecule has 52 valence electrons. The Balaban J connectivity index is 2.85. The van der Waals surface area contributed by atoms with Gasteiger partial charge in [0.25, 0.3) is 0 Å². The standard InChI is InChI=1S/C8H8S2/c9-6-8(10)7-4-2-1-3-5-7/h1-5,9H,6H2. The van der Waals surface area contributed by atoms with Crippen LogP contribution in [0.1, 0.15) is 5.56 Å². The van der Waals surface area contributed by atoms with Crippen molar-refractivity contribution in [3.05, 3.63) is 35.9 Å². The van der Waals surface area contributed by atoms with E-state index in [1.54, 1.807) is 0 Å². The molecular formula is C8H8S2. The van der Waals surface area contributed by atoms with E-state index in [0.717, 1.165) is 10.4 Å². The van der Waals surface area contributed by atoms with Gasteiger partial charge in [-0.05, 0) is 5.56 Å². The maximum atomic E-state index is 5.05. The second kappa shape index (κ2) is 3.74. The van der Waals surface area contributed by atoms with E-state index in [1.165, 1.54) is 0 Å². The van der Waals surface area contributed by atoms with Crippen LogP contribution in [-0.2, 0) is 0 Å². The maximum absolute atomic E-state index is 5.05. The summed E-state index contributed by atoms with van der Waals surface area (Å²) in [5.41, 5.74) is 1.10. The SMILES string of the molecule is S=C(CS)c1ccccc1. The summed E-state index contributed by atoms with van der Waals surface area (Å²) < 4.78 is 0. The molecule has 0 aliphatic rings. The fourth-order valence-corrected chi connectivity index (χ4v) is 1.03. The van der Waals surface area contributed by atoms with Crippen molar-refractivity contribution in [1.29, 1.82) is 0 Å². The molecule has 2 heteroatoms. The molecule has 0 fully saturated rings. The molecule has 0 nitrogen and oxygen atoms in total. The zero-order chi connectivity index (χ0) is 7.40. The summed E-state index contributed by atoms with van der Waals surface area (Å²) in [5.74, 6) is 0.652. The Morgan fingerprint density at radius 2 is 1.90 bits per heavy atom. The Morgan fingerprint density at radius 1 is 1.30 bits per heavy atom. The zero-order valence-electron chi connectivity index (χ0n) is 5.45. The minimum absolute atomic E-state index is 0.652. The van der Waals surface area contributed by atoms with E-state index in [0.29, 0.717) is 5.75 Å². The highest BCUT2D eigenvalue weighted by molar-refractivity contribution is 7.86. The summed E-state index contributed by atoms with van der Waals surface area (Å²) in [5, 5.41) is 0. The second-order valence-electron chi connectivity index (χ2n) is 1.95. The number of rotatable bonds is 2. The van der Waals surface area contributed by atoms with Crippen molar-refractivity contribution in [3.8, 4) is 0 Å². The summed E-state index contributed by atoms with van der Waals surface area (Å²) in [7, 11) is 0. The zero-order valence-corrected chi connectivity index (χ0v) is 7.16. The van der Waals surface area contributed by atoms with Crippen LogP contribution in [0, 0.1) is 0 Å². The molecule has 0 N–H and O–H groups in total. The quantitative estimate of drug-likeness (QED) is 0.402. The van der Waals surface area contributed by atoms with Crippen LogP contribution in [0.3, 0.4) is 0 Å². The predicted octanol–water partition coefficient (Wildman–Crippen LogP) is 2.33. The van der Waals surface area contributed by atoms with Crippen LogP contribution in [-0.4, -0.2) is 10.6 Å². The van der Waals surface area contributed by atoms with Gasteiger partial charge in [-0.3, -0.25) is 0 Å². The topological polar surface area (TPSA) is 0 Å². The predicted molar refractivity (Wildman–Crippen MR) is 52.0 cm³/mol. The van der Waals surface area contributed by atoms with E-state index in [-0.39, 0.29) is 0 Å². The maximum Gasteiger partial charge on any atom is 0.0320 e. The molecule has 0 unspecified atom stereocenters. The van der Waals surface area contributed by atoms with Crippen molar-refractivity contribution in [2.75, 3.05) is 5.75 Å². The molecule has 0 heterocycles. The number of hydrogen-bond acceptors (Lipinski definition) is 2. The van der Waals surface area contributed by atoms with Crippen LogP contribution >= 0.6 is 24.8 Å². The van der Waals surface area contributed by atoms with E-state index in [2.05, 4.69) is 12.6 Å². The van der Waals surface area contributed by atoms with Gasteiger partial charge < -0.3 is 0 Å². The molecule has 0 saturated carbocycles. The van der Waals surface area contributed by atoms with E-state index >= 15 is 0 Å². The second-order valence-corrected chi connectivity index (χ2v) is 2.76. The van der Waals surface area contributed by atoms with Crippen LogP contribution in [0.4, 0.5) is 0 Å². The van der Waals surface area contributed by atoms with Gasteiger partial charge in [0.05, 0.1) is 0 Å². The summed E-state index contributed by atoms with van der Waals surface area (Å²) in [6.07, 6.45) is 0. The number of hydrogen-bond donors (Lipinski definition) is 1. The molecule has 0 aliphatic heterocycles. The molecule has 1 aromatic rings. The van der Waals surface area contributed by atoms with Gasteiger partial charge in [0.1, 0.15) is 0 Å². The normalized spacial score (nSPS) is 9.30. The van der Waals surface area contributed by atoms with Crippen molar-refractivity contribution in [1.82, 2.24) is 0 Å². The van der Waals surface area contributed by atoms with E-state index < -0.39 is 0 Å². The Labute approximate surface area is 71.7 Å². The lowest BCUT2D eigenvalue weighted by molar-refractivity contribution is 1.66. The van der Waals surface area contributed by atoms with Crippen molar-refractivity contribution < 1.29 is 0 Å². The Hall–Kier alpha value is -0.340. The molecule has 0 aromatic heterocycles. The molecule has 1 aromatic carbocycles. The van der Waals surface area contributed by atoms with Crippen molar-refractivity contribution in [2.24, 2.45) is 0 Å².